The molecule has 1 amide bonds. The number of rotatable bonds is 27. The number of aromatic hydroxyl groups is 2. The molecular weight excluding hydrogens is 1720 g/mol. The van der Waals surface area contributed by atoms with E-state index in [2.05, 4.69) is 21.6 Å². The molecule has 12 aromatic carbocycles. The van der Waals surface area contributed by atoms with Gasteiger partial charge >= 0.3 is 59.4 Å². The van der Waals surface area contributed by atoms with E-state index in [0.717, 1.165) is 127 Å². The number of carboxylic acids is 4. The Morgan fingerprint density at radius 2 is 0.644 bits per heavy atom. The van der Waals surface area contributed by atoms with Crippen molar-refractivity contribution in [1.29, 1.82) is 0 Å². The van der Waals surface area contributed by atoms with Gasteiger partial charge in [-0.25, -0.2) is 6.57 Å². The van der Waals surface area contributed by atoms with Crippen LogP contribution in [-0.4, -0.2) is 134 Å². The van der Waals surface area contributed by atoms with E-state index in [-0.39, 0.29) is 52.3 Å². The normalized spacial score (nSPS) is 12.4. The van der Waals surface area contributed by atoms with Gasteiger partial charge in [-0.15, -0.1) is 0 Å². The number of fused-ring (bicyclic) bond motifs is 6. The number of carbonyl (C=O) groups excluding carboxylic acids is 4. The fourth-order valence-corrected chi connectivity index (χ4v) is 13.1. The molecule has 23 nitrogen and oxygen atoms in total. The molecule has 0 aliphatic heterocycles. The first kappa shape index (κ1) is 109. The number of nitrogens with zero attached hydrogens (tertiary/aromatic N) is 2. The van der Waals surface area contributed by atoms with E-state index in [1.54, 1.807) is 71.2 Å². The Morgan fingerprint density at radius 3 is 0.894 bits per heavy atom. The number of phenolic OH excluding ortho intramolecular Hbond substituents is 2. The Labute approximate surface area is 784 Å². The Hall–Kier alpha value is -13.8. The monoisotopic (exact) mass is 1850 g/mol. The molecule has 0 bridgehead atoms. The Balaban J connectivity index is 0.000000277. The number of benzene rings is 12. The fourth-order valence-electron chi connectivity index (χ4n) is 13.1. The van der Waals surface area contributed by atoms with E-state index in [1.807, 2.05) is 286 Å². The third-order valence-electron chi connectivity index (χ3n) is 20.7. The molecule has 24 heteroatoms. The molecule has 12 rings (SSSR count). The van der Waals surface area contributed by atoms with Crippen LogP contribution in [0.5, 0.6) is 34.5 Å². The average Bonchev–Trinajstić information content (AvgIpc) is 0.826. The van der Waals surface area contributed by atoms with Crippen molar-refractivity contribution in [2.24, 2.45) is 0 Å². The standard InChI is InChI=1S/C23H30O4.2C18H19NO3.C17H20O3.C14H14O3.C13H12O3.C5H9NO.Cu/c1-16(21(25)27-22(2,3)4)17-8-9-19-15-20(11-10-18(19)14-17)26-23(5,6)12-7-13-24;2*1-12(17(20)21)13-5-6-15-10-16(8-7-14(15)9-13)22-18(2,3)11-19-4;1-11(16(19)20-17(2,3)4)12-5-6-14-10-15(18)8-7-13(14)9-12;1-9(14(15)16)10-3-4-12-8-13(17-2)6-5-11(12)7-10;1-8(13(15)16)9-2-3-11-7-12(14)5-4-10(11)6-9;1-5(2)3-6-4-7;/h8-11,13-16H,7,12H2,1-6H3;5-10,12H,11H2,1-3H3,(H,20,21);4-10,12H,11H2,1-3H3;5-11,18H,1-4H3;3-9H,1-2H3,(H,15,16);2-8,14H,1H3,(H,15,16);4H,1,3H2,2H3,(H,6,7);/q;;;;;;;+1/p+1/t16-;2*12-;11-;9-;8-;;/m000000../s1. The van der Waals surface area contributed by atoms with Crippen molar-refractivity contribution in [2.45, 2.75) is 208 Å². The van der Waals surface area contributed by atoms with Crippen LogP contribution in [0.4, 0.5) is 0 Å². The molecule has 0 saturated carbocycles. The second kappa shape index (κ2) is 49.3. The van der Waals surface area contributed by atoms with Crippen LogP contribution in [0.1, 0.15) is 213 Å². The number of phenols is 2. The van der Waals surface area contributed by atoms with Crippen LogP contribution >= 0.6 is 0 Å². The van der Waals surface area contributed by atoms with E-state index >= 15 is 0 Å². The largest absolute Gasteiger partial charge is 1.00 e. The number of ether oxygens (including phenoxy) is 6. The maximum Gasteiger partial charge on any atom is 1.00 e. The molecule has 0 saturated heterocycles. The minimum Gasteiger partial charge on any atom is -0.508 e. The first-order valence-electron chi connectivity index (χ1n) is 42.9. The second-order valence-corrected chi connectivity index (χ2v) is 36.0. The van der Waals surface area contributed by atoms with Crippen LogP contribution in [0, 0.1) is 13.1 Å². The summed E-state index contributed by atoms with van der Waals surface area (Å²) in [6.07, 6.45) is 2.72. The molecule has 12 aromatic rings. The summed E-state index contributed by atoms with van der Waals surface area (Å²) in [6, 6.07) is 67.4. The predicted octanol–water partition coefficient (Wildman–Crippen LogP) is 23.7. The van der Waals surface area contributed by atoms with Crippen LogP contribution in [0.2, 0.25) is 0 Å². The van der Waals surface area contributed by atoms with Gasteiger partial charge in [-0.05, 0) is 309 Å². The number of carbonyl (C=O) groups is 8. The number of amides is 1. The molecular formula is C108H124CuN3O20+2. The van der Waals surface area contributed by atoms with Crippen molar-refractivity contribution < 1.29 is 114 Å². The summed E-state index contributed by atoms with van der Waals surface area (Å²) in [4.78, 5) is 95.5. The zero-order chi connectivity index (χ0) is 97.6. The zero-order valence-corrected chi connectivity index (χ0v) is 79.8. The molecule has 6 atom stereocenters. The smallest absolute Gasteiger partial charge is 0.508 e. The van der Waals surface area contributed by atoms with Crippen LogP contribution in [0.3, 0.4) is 0 Å². The molecule has 0 fully saturated rings. The minimum atomic E-state index is -0.835. The summed E-state index contributed by atoms with van der Waals surface area (Å²) in [5, 5.41) is 69.2. The molecule has 0 aromatic heterocycles. The fraction of sp³-hybridized carbons (Fsp3) is 0.333. The van der Waals surface area contributed by atoms with Gasteiger partial charge in [0.25, 0.3) is 13.1 Å². The van der Waals surface area contributed by atoms with Crippen LogP contribution in [0.25, 0.3) is 74.3 Å². The van der Waals surface area contributed by atoms with Gasteiger partial charge in [0.2, 0.25) is 6.41 Å². The van der Waals surface area contributed by atoms with Crippen molar-refractivity contribution in [3.63, 3.8) is 0 Å². The molecule has 0 spiro atoms. The molecule has 0 aliphatic rings. The number of hydrogen-bond acceptors (Lipinski definition) is 16. The third-order valence-corrected chi connectivity index (χ3v) is 20.7. The van der Waals surface area contributed by atoms with E-state index in [0.29, 0.717) is 44.6 Å². The summed E-state index contributed by atoms with van der Waals surface area (Å²) < 4.78 is 33.8. The Bertz CT molecular complexity index is 6000. The molecule has 0 aliphatic carbocycles. The first-order valence-corrected chi connectivity index (χ1v) is 42.9. The van der Waals surface area contributed by atoms with Gasteiger partial charge in [-0.2, -0.15) is 0 Å². The van der Waals surface area contributed by atoms with Crippen molar-refractivity contribution >= 4 is 113 Å². The SMILES string of the molecule is C#[N+]CC(C)(C)Oc1ccc2cc([C@H](C)C(=O)O)ccc2c1.C=C(C)CNC=O.COc1ccc2cc([C@H](C)C(=O)O)ccc2c1.C[C@H](C(=O)O)c1ccc2cc(O)ccc2c1.C[C@H](C(=O)OC(C)(C)C)c1ccc2cc(O)ccc2c1.C[C@H](C(=O)OC(C)(C)C)c1ccc2cc(OC(C)(C)CCC=O)ccc2c1.[C-]#[N+]CC(C)(C)Oc1ccc2cc([C@H](C)C(=O)O)ccc2c1.[Cu+]. The van der Waals surface area contributed by atoms with E-state index in [1.165, 1.54) is 0 Å². The summed E-state index contributed by atoms with van der Waals surface area (Å²) in [5.41, 5.74) is 3.58. The maximum absolute atomic E-state index is 12.3. The number of hydrogen-bond donors (Lipinski definition) is 7. The summed E-state index contributed by atoms with van der Waals surface area (Å²) in [7, 11) is 1.63. The second-order valence-electron chi connectivity index (χ2n) is 36.0. The van der Waals surface area contributed by atoms with Crippen molar-refractivity contribution in [3.8, 4) is 41.1 Å². The Kier molecular flexibility index (Phi) is 40.6. The molecule has 0 heterocycles. The van der Waals surface area contributed by atoms with Gasteiger partial charge in [-0.1, -0.05) is 163 Å². The molecule has 132 heavy (non-hydrogen) atoms. The van der Waals surface area contributed by atoms with Gasteiger partial charge in [0, 0.05) is 13.0 Å². The number of methoxy groups -OCH3 is 1. The predicted molar refractivity (Wildman–Crippen MR) is 519 cm³/mol. The molecule has 0 radical (unpaired) electrons. The number of esters is 2. The van der Waals surface area contributed by atoms with Crippen LogP contribution < -0.4 is 24.3 Å². The van der Waals surface area contributed by atoms with E-state index in [9.17, 15) is 48.6 Å². The zero-order valence-electron chi connectivity index (χ0n) is 78.8. The average molecular weight is 1850 g/mol. The van der Waals surface area contributed by atoms with Crippen molar-refractivity contribution in [2.75, 3.05) is 26.7 Å². The third kappa shape index (κ3) is 34.9. The van der Waals surface area contributed by atoms with Crippen LogP contribution in [-0.2, 0) is 64.9 Å². The summed E-state index contributed by atoms with van der Waals surface area (Å²) in [5.74, 6) is -2.97. The molecule has 0 unspecified atom stereocenters. The van der Waals surface area contributed by atoms with Crippen LogP contribution in [0.15, 0.2) is 231 Å². The van der Waals surface area contributed by atoms with Crippen molar-refractivity contribution in [1.82, 2.24) is 5.32 Å². The summed E-state index contributed by atoms with van der Waals surface area (Å²) >= 11 is 0. The minimum absolute atomic E-state index is 0. The maximum atomic E-state index is 12.3. The number of aldehydes is 1. The van der Waals surface area contributed by atoms with Gasteiger partial charge in [0.05, 0.1) is 42.6 Å². The van der Waals surface area contributed by atoms with Gasteiger partial charge in [0.15, 0.2) is 11.2 Å². The number of aliphatic carboxylic acids is 4. The Morgan fingerprint density at radius 1 is 0.394 bits per heavy atom. The van der Waals surface area contributed by atoms with Crippen molar-refractivity contribution in [3.05, 3.63) is 280 Å². The topological polar surface area (TPSA) is 334 Å². The quantitative estimate of drug-likeness (QED) is 0.00827. The molecule has 700 valence electrons. The van der Waals surface area contributed by atoms with E-state index in [4.69, 9.17) is 62.0 Å². The van der Waals surface area contributed by atoms with Gasteiger partial charge in [-0.3, -0.25) is 33.6 Å². The summed E-state index contributed by atoms with van der Waals surface area (Å²) in [6.45, 7) is 52.1. The first-order chi connectivity index (χ1) is 61.4. The van der Waals surface area contributed by atoms with Gasteiger partial charge in [0.1, 0.15) is 57.6 Å². The number of carboxylic acid groups (broad SMARTS) is 4. The van der Waals surface area contributed by atoms with E-state index < -0.39 is 75.6 Å². The molecule has 7 N–H and O–H groups in total. The number of nitrogens with one attached hydrogen (secondary N) is 1. The van der Waals surface area contributed by atoms with Gasteiger partial charge < -0.3 is 74.0 Å².